The van der Waals surface area contributed by atoms with E-state index in [4.69, 9.17) is 41.4 Å². The van der Waals surface area contributed by atoms with Gasteiger partial charge in [-0.15, -0.1) is 10.2 Å². The number of nitrogens with zero attached hydrogens (tertiary/aromatic N) is 10. The van der Waals surface area contributed by atoms with Crippen LogP contribution in [-0.2, 0) is 15.4 Å². The van der Waals surface area contributed by atoms with Gasteiger partial charge in [0.05, 0.1) is 23.5 Å². The molecule has 408 valence electrons. The molecular weight excluding hydrogens is 1020 g/mol. The van der Waals surface area contributed by atoms with E-state index in [1.165, 1.54) is 11.6 Å². The number of carbonyl (C=O) groups is 1. The number of phenolic OH excluding ortho intramolecular Hbond substituents is 1. The Hall–Kier alpha value is -7.09. The average molecular weight is 1080 g/mol. The van der Waals surface area contributed by atoms with Gasteiger partial charge in [0, 0.05) is 80.2 Å². The third-order valence-corrected chi connectivity index (χ3v) is 17.5. The lowest BCUT2D eigenvalue weighted by molar-refractivity contribution is -0.134. The Morgan fingerprint density at radius 1 is 0.885 bits per heavy atom. The third kappa shape index (κ3) is 9.93. The lowest BCUT2D eigenvalue weighted by atomic mass is 9.87. The maximum absolute atomic E-state index is 14.6. The van der Waals surface area contributed by atoms with Gasteiger partial charge in [-0.05, 0) is 117 Å². The number of likely N-dealkylation sites (tertiary alicyclic amines) is 2. The summed E-state index contributed by atoms with van der Waals surface area (Å²) >= 11 is 7.01. The van der Waals surface area contributed by atoms with E-state index >= 15 is 0 Å². The molecule has 0 radical (unpaired) electrons. The summed E-state index contributed by atoms with van der Waals surface area (Å²) in [7, 11) is 0. The molecule has 0 spiro atoms. The van der Waals surface area contributed by atoms with Crippen LogP contribution in [0.15, 0.2) is 101 Å². The van der Waals surface area contributed by atoms with Gasteiger partial charge in [-0.2, -0.15) is 0 Å². The number of ether oxygens (including phenoxy) is 1. The Balaban J connectivity index is 0.619. The van der Waals surface area contributed by atoms with Crippen molar-refractivity contribution < 1.29 is 33.5 Å². The van der Waals surface area contributed by atoms with Crippen LogP contribution in [0.4, 0.5) is 21.8 Å². The number of aromatic hydroxyl groups is 1. The molecule has 5 N–H and O–H groups in total. The number of hydrogen-bond acceptors (Lipinski definition) is 17. The summed E-state index contributed by atoms with van der Waals surface area (Å²) in [5.41, 5.74) is 10.5. The average Bonchev–Trinajstić information content (AvgIpc) is 4.23. The first-order chi connectivity index (χ1) is 37.8. The standard InChI is InChI=1S/C58H66ClFN12O6/c1-33(2)50(56(75)71-32-41(73)26-48(71)54-64-58(3,78-67-54)37-14-12-35(13-15-37)43-8-4-6-10-45(43)60)52-51(59)55(68-77-52)76-42-20-18-38(19-21-42)69-24-22-34(23-25-69)36-28-62-57(63-29-36)72-39-16-17-40(72)31-70(30-39)47-27-46(65-66-53(47)61)44-9-5-7-11-49(44)74/h4-15,27-29,33-34,38-42,48,50,73-74H,16-26,30-32H2,1-3H3,(H2,61,66)(H,64,67)/t38-,39?,40?,41-,42+,48+,50-,58-/m1/s1. The first-order valence-corrected chi connectivity index (χ1v) is 27.9. The molecule has 6 aliphatic rings. The molecule has 4 saturated heterocycles. The van der Waals surface area contributed by atoms with Crippen LogP contribution in [0.2, 0.25) is 5.02 Å². The Labute approximate surface area is 457 Å². The van der Waals surface area contributed by atoms with Crippen molar-refractivity contribution in [3.63, 3.8) is 0 Å². The van der Waals surface area contributed by atoms with E-state index in [1.807, 2.05) is 75.6 Å². The van der Waals surface area contributed by atoms with E-state index in [-0.39, 0.29) is 71.2 Å². The first-order valence-electron chi connectivity index (χ1n) is 27.5. The number of hydrogen-bond donors (Lipinski definition) is 4. The van der Waals surface area contributed by atoms with Crippen LogP contribution >= 0.6 is 11.6 Å². The smallest absolute Gasteiger partial charge is 0.273 e. The largest absolute Gasteiger partial charge is 0.507 e. The van der Waals surface area contributed by atoms with E-state index in [2.05, 4.69) is 40.5 Å². The number of oxime groups is 1. The predicted octanol–water partition coefficient (Wildman–Crippen LogP) is 8.60. The summed E-state index contributed by atoms with van der Waals surface area (Å²) in [5.74, 6) is 0.936. The lowest BCUT2D eigenvalue weighted by Crippen LogP contribution is -2.54. The van der Waals surface area contributed by atoms with Crippen LogP contribution in [-0.4, -0.2) is 126 Å². The van der Waals surface area contributed by atoms with E-state index in [0.717, 1.165) is 100 Å². The second-order valence-corrected chi connectivity index (χ2v) is 22.8. The van der Waals surface area contributed by atoms with Crippen molar-refractivity contribution >= 4 is 40.8 Å². The molecule has 3 aromatic heterocycles. The highest BCUT2D eigenvalue weighted by atomic mass is 35.5. The zero-order valence-electron chi connectivity index (χ0n) is 44.1. The molecule has 78 heavy (non-hydrogen) atoms. The van der Waals surface area contributed by atoms with Gasteiger partial charge in [0.1, 0.15) is 28.6 Å². The highest BCUT2D eigenvalue weighted by molar-refractivity contribution is 6.32. The fourth-order valence-electron chi connectivity index (χ4n) is 13.0. The molecule has 8 heterocycles. The number of aromatic nitrogens is 5. The number of amidine groups is 1. The molecular formula is C58H66ClFN12O6. The molecule has 12 rings (SSSR count). The Bertz CT molecular complexity index is 3160. The van der Waals surface area contributed by atoms with E-state index in [9.17, 15) is 19.4 Å². The summed E-state index contributed by atoms with van der Waals surface area (Å²) in [6.45, 7) is 9.33. The number of piperazine rings is 1. The highest BCUT2D eigenvalue weighted by Gasteiger charge is 2.48. The van der Waals surface area contributed by atoms with Gasteiger partial charge in [-0.25, -0.2) is 14.4 Å². The van der Waals surface area contributed by atoms with Gasteiger partial charge in [0.2, 0.25) is 17.6 Å². The SMILES string of the molecule is CC(C)[C@@H](C(=O)N1C[C@H](O)C[C@H]1C1=NO[C@](C)(c2ccc(-c3ccccc3F)cc2)N1)c1onc(O[C@H]2CC[C@@H](N3CCC(c4cnc(N5C6CCC5CN(c5cc(-c7ccccc7O)nnc5N)C6)nc4)CC3)CC2)c1Cl. The van der Waals surface area contributed by atoms with Gasteiger partial charge < -0.3 is 55.0 Å². The van der Waals surface area contributed by atoms with Crippen molar-refractivity contribution in [2.24, 2.45) is 11.1 Å². The van der Waals surface area contributed by atoms with Crippen molar-refractivity contribution in [3.05, 3.63) is 119 Å². The van der Waals surface area contributed by atoms with Gasteiger partial charge in [-0.1, -0.05) is 85.2 Å². The number of aliphatic hydroxyl groups excluding tert-OH is 1. The van der Waals surface area contributed by atoms with Gasteiger partial charge in [0.15, 0.2) is 17.4 Å². The number of aliphatic hydroxyl groups is 1. The van der Waals surface area contributed by atoms with E-state index < -0.39 is 23.8 Å². The molecule has 2 bridgehead atoms. The van der Waals surface area contributed by atoms with Crippen LogP contribution in [0.25, 0.3) is 22.4 Å². The first kappa shape index (κ1) is 51.7. The number of rotatable bonds is 13. The predicted molar refractivity (Wildman–Crippen MR) is 293 cm³/mol. The molecule has 3 aromatic carbocycles. The second kappa shape index (κ2) is 21.3. The molecule has 1 amide bonds. The van der Waals surface area contributed by atoms with Crippen molar-refractivity contribution in [2.75, 3.05) is 48.3 Å². The number of halogens is 2. The molecule has 18 nitrogen and oxygen atoms in total. The normalized spacial score (nSPS) is 26.0. The highest BCUT2D eigenvalue weighted by Crippen LogP contribution is 2.43. The fraction of sp³-hybridized carbons (Fsp3) is 0.466. The van der Waals surface area contributed by atoms with Crippen molar-refractivity contribution in [1.29, 1.82) is 0 Å². The molecule has 5 fully saturated rings. The minimum Gasteiger partial charge on any atom is -0.507 e. The number of amides is 1. The Kier molecular flexibility index (Phi) is 14.1. The molecule has 5 aliphatic heterocycles. The van der Waals surface area contributed by atoms with E-state index in [1.54, 1.807) is 35.2 Å². The number of nitrogen functional groups attached to an aromatic ring is 1. The van der Waals surface area contributed by atoms with Crippen LogP contribution in [0, 0.1) is 11.7 Å². The quantitative estimate of drug-likeness (QED) is 0.0851. The van der Waals surface area contributed by atoms with E-state index in [0.29, 0.717) is 40.4 Å². The molecule has 20 heteroatoms. The minimum atomic E-state index is -1.06. The Morgan fingerprint density at radius 2 is 1.56 bits per heavy atom. The van der Waals surface area contributed by atoms with Crippen LogP contribution < -0.4 is 25.6 Å². The van der Waals surface area contributed by atoms with Gasteiger partial charge in [-0.3, -0.25) is 4.79 Å². The number of para-hydroxylation sites is 1. The van der Waals surface area contributed by atoms with Gasteiger partial charge >= 0.3 is 0 Å². The zero-order chi connectivity index (χ0) is 53.8. The number of β-amino-alcohol motifs (C(OH)–C–C–N with tert-alkyl or cyclic N) is 1. The van der Waals surface area contributed by atoms with Crippen molar-refractivity contribution in [2.45, 2.75) is 132 Å². The summed E-state index contributed by atoms with van der Waals surface area (Å²) in [6.07, 6.45) is 11.3. The molecule has 6 atom stereocenters. The third-order valence-electron chi connectivity index (χ3n) is 17.2. The van der Waals surface area contributed by atoms with Crippen LogP contribution in [0.5, 0.6) is 11.6 Å². The number of phenols is 1. The molecule has 1 saturated carbocycles. The summed E-state index contributed by atoms with van der Waals surface area (Å²) in [5, 5.41) is 42.2. The molecule has 1 aliphatic carbocycles. The number of fused-ring (bicyclic) bond motifs is 2. The number of nitrogens with one attached hydrogen (secondary N) is 1. The lowest BCUT2D eigenvalue weighted by Gasteiger charge is -2.42. The summed E-state index contributed by atoms with van der Waals surface area (Å²) in [4.78, 5) is 39.5. The minimum absolute atomic E-state index is 0.0923. The van der Waals surface area contributed by atoms with Crippen LogP contribution in [0.3, 0.4) is 0 Å². The van der Waals surface area contributed by atoms with Crippen LogP contribution in [0.1, 0.15) is 107 Å². The number of piperidine rings is 1. The second-order valence-electron chi connectivity index (χ2n) is 22.5. The number of anilines is 3. The van der Waals surface area contributed by atoms with Gasteiger partial charge in [0.25, 0.3) is 5.88 Å². The van der Waals surface area contributed by atoms with Crippen molar-refractivity contribution in [1.82, 2.24) is 40.4 Å². The molecule has 2 unspecified atom stereocenters. The maximum atomic E-state index is 14.6. The fourth-order valence-corrected chi connectivity index (χ4v) is 13.2. The topological polar surface area (TPSA) is 217 Å². The zero-order valence-corrected chi connectivity index (χ0v) is 44.8. The number of benzene rings is 3. The monoisotopic (exact) mass is 1080 g/mol. The summed E-state index contributed by atoms with van der Waals surface area (Å²) in [6, 6.07) is 23.4. The van der Waals surface area contributed by atoms with Crippen molar-refractivity contribution in [3.8, 4) is 34.0 Å². The Morgan fingerprint density at radius 3 is 2.26 bits per heavy atom. The summed E-state index contributed by atoms with van der Waals surface area (Å²) < 4.78 is 26.8. The number of nitrogens with two attached hydrogens (primary N) is 1. The molecule has 6 aromatic rings. The maximum Gasteiger partial charge on any atom is 0.273 e. The number of carbonyl (C=O) groups excluding carboxylic acids is 1.